The summed E-state index contributed by atoms with van der Waals surface area (Å²) >= 11 is 1.51. The van der Waals surface area contributed by atoms with Crippen LogP contribution in [0, 0.1) is 0 Å². The minimum atomic E-state index is 0.465. The van der Waals surface area contributed by atoms with Gasteiger partial charge in [-0.2, -0.15) is 0 Å². The number of thioether (sulfide) groups is 1. The molecule has 0 spiro atoms. The van der Waals surface area contributed by atoms with Gasteiger partial charge in [0.2, 0.25) is 5.89 Å². The van der Waals surface area contributed by atoms with Crippen LogP contribution in [0.5, 0.6) is 11.5 Å². The summed E-state index contributed by atoms with van der Waals surface area (Å²) in [6.45, 7) is 3.67. The van der Waals surface area contributed by atoms with Gasteiger partial charge in [0.1, 0.15) is 0 Å². The van der Waals surface area contributed by atoms with Gasteiger partial charge in [-0.1, -0.05) is 17.8 Å². The van der Waals surface area contributed by atoms with Crippen molar-refractivity contribution < 1.29 is 13.9 Å². The van der Waals surface area contributed by atoms with Crippen molar-refractivity contribution in [1.82, 2.24) is 10.2 Å². The maximum absolute atomic E-state index is 5.60. The molecule has 2 aromatic rings. The van der Waals surface area contributed by atoms with Crippen molar-refractivity contribution in [2.45, 2.75) is 11.6 Å². The average molecular weight is 292 g/mol. The van der Waals surface area contributed by atoms with Crippen LogP contribution in [-0.2, 0) is 0 Å². The van der Waals surface area contributed by atoms with Crippen LogP contribution in [0.25, 0.3) is 11.5 Å². The molecule has 0 unspecified atom stereocenters. The highest BCUT2D eigenvalue weighted by atomic mass is 32.2. The Morgan fingerprint density at radius 3 is 2.75 bits per heavy atom. The molecule has 6 heteroatoms. The molecule has 1 aromatic heterocycles. The third-order valence-electron chi connectivity index (χ3n) is 2.58. The number of methoxy groups -OCH3 is 2. The minimum absolute atomic E-state index is 0.465. The molecule has 1 heterocycles. The Labute approximate surface area is 122 Å². The zero-order chi connectivity index (χ0) is 14.4. The quantitative estimate of drug-likeness (QED) is 0.443. The molecule has 0 amide bonds. The smallest absolute Gasteiger partial charge is 0.276 e. The normalized spacial score (nSPS) is 10.3. The van der Waals surface area contributed by atoms with E-state index in [1.807, 2.05) is 24.3 Å². The van der Waals surface area contributed by atoms with Gasteiger partial charge in [-0.05, 0) is 24.6 Å². The van der Waals surface area contributed by atoms with E-state index in [9.17, 15) is 0 Å². The highest BCUT2D eigenvalue weighted by Gasteiger charge is 2.12. The molecule has 20 heavy (non-hydrogen) atoms. The van der Waals surface area contributed by atoms with E-state index in [0.717, 1.165) is 17.7 Å². The monoisotopic (exact) mass is 292 g/mol. The third-order valence-corrected chi connectivity index (χ3v) is 3.44. The maximum Gasteiger partial charge on any atom is 0.276 e. The van der Waals surface area contributed by atoms with Crippen LogP contribution in [0.4, 0.5) is 0 Å². The fourth-order valence-electron chi connectivity index (χ4n) is 1.58. The Morgan fingerprint density at radius 2 is 2.05 bits per heavy atom. The van der Waals surface area contributed by atoms with Crippen LogP contribution in [0.1, 0.15) is 6.42 Å². The molecule has 0 aliphatic heterocycles. The fraction of sp³-hybridized carbons (Fsp3) is 0.286. The average Bonchev–Trinajstić information content (AvgIpc) is 2.95. The van der Waals surface area contributed by atoms with Gasteiger partial charge in [0.05, 0.1) is 14.2 Å². The van der Waals surface area contributed by atoms with Gasteiger partial charge in [-0.25, -0.2) is 0 Å². The molecule has 0 radical (unpaired) electrons. The first-order valence-corrected chi connectivity index (χ1v) is 7.06. The topological polar surface area (TPSA) is 57.4 Å². The molecule has 0 saturated carbocycles. The van der Waals surface area contributed by atoms with Gasteiger partial charge >= 0.3 is 0 Å². The largest absolute Gasteiger partial charge is 0.493 e. The molecule has 0 saturated heterocycles. The zero-order valence-electron chi connectivity index (χ0n) is 11.5. The number of allylic oxidation sites excluding steroid dienone is 1. The second-order valence-electron chi connectivity index (χ2n) is 3.87. The van der Waals surface area contributed by atoms with Gasteiger partial charge in [0.25, 0.3) is 5.22 Å². The molecule has 2 rings (SSSR count). The predicted octanol–water partition coefficient (Wildman–Crippen LogP) is 3.42. The van der Waals surface area contributed by atoms with Crippen molar-refractivity contribution in [3.63, 3.8) is 0 Å². The zero-order valence-corrected chi connectivity index (χ0v) is 12.3. The molecule has 0 aliphatic carbocycles. The molecule has 0 fully saturated rings. The summed E-state index contributed by atoms with van der Waals surface area (Å²) in [5.74, 6) is 2.63. The van der Waals surface area contributed by atoms with E-state index in [0.29, 0.717) is 22.6 Å². The molecular formula is C14H16N2O3S. The van der Waals surface area contributed by atoms with E-state index in [-0.39, 0.29) is 0 Å². The summed E-state index contributed by atoms with van der Waals surface area (Å²) in [5, 5.41) is 8.59. The number of aromatic nitrogens is 2. The molecule has 0 aliphatic rings. The van der Waals surface area contributed by atoms with Gasteiger partial charge in [-0.3, -0.25) is 0 Å². The molecule has 0 atom stereocenters. The number of benzene rings is 1. The van der Waals surface area contributed by atoms with E-state index in [1.54, 1.807) is 14.2 Å². The van der Waals surface area contributed by atoms with Crippen molar-refractivity contribution in [2.75, 3.05) is 20.0 Å². The van der Waals surface area contributed by atoms with Crippen molar-refractivity contribution in [1.29, 1.82) is 0 Å². The van der Waals surface area contributed by atoms with Crippen molar-refractivity contribution >= 4 is 11.8 Å². The number of nitrogens with zero attached hydrogens (tertiary/aromatic N) is 2. The van der Waals surface area contributed by atoms with Gasteiger partial charge < -0.3 is 13.9 Å². The summed E-state index contributed by atoms with van der Waals surface area (Å²) in [4.78, 5) is 0. The van der Waals surface area contributed by atoms with Crippen LogP contribution >= 0.6 is 11.8 Å². The lowest BCUT2D eigenvalue weighted by molar-refractivity contribution is 0.355. The second kappa shape index (κ2) is 7.00. The lowest BCUT2D eigenvalue weighted by Gasteiger charge is -2.07. The number of rotatable bonds is 7. The minimum Gasteiger partial charge on any atom is -0.493 e. The Kier molecular flexibility index (Phi) is 5.06. The molecule has 0 bridgehead atoms. The fourth-order valence-corrected chi connectivity index (χ4v) is 2.28. The summed E-state index contributed by atoms with van der Waals surface area (Å²) in [7, 11) is 3.19. The lowest BCUT2D eigenvalue weighted by Crippen LogP contribution is -1.90. The molecule has 5 nitrogen and oxygen atoms in total. The summed E-state index contributed by atoms with van der Waals surface area (Å²) < 4.78 is 16.0. The molecule has 0 N–H and O–H groups in total. The summed E-state index contributed by atoms with van der Waals surface area (Å²) in [6.07, 6.45) is 2.76. The van der Waals surface area contributed by atoms with Crippen LogP contribution < -0.4 is 9.47 Å². The lowest BCUT2D eigenvalue weighted by atomic mass is 10.2. The Bertz CT molecular complexity index is 584. The maximum atomic E-state index is 5.60. The van der Waals surface area contributed by atoms with E-state index in [4.69, 9.17) is 13.9 Å². The summed E-state index contributed by atoms with van der Waals surface area (Å²) in [5.41, 5.74) is 0.797. The summed E-state index contributed by atoms with van der Waals surface area (Å²) in [6, 6.07) is 5.47. The highest BCUT2D eigenvalue weighted by Crippen LogP contribution is 2.32. The molecule has 106 valence electrons. The standard InChI is InChI=1S/C14H16N2O3S/c1-4-5-8-20-14-16-15-13(19-14)10-6-7-11(17-2)12(9-10)18-3/h4,6-7,9H,1,5,8H2,2-3H3. The number of ether oxygens (including phenoxy) is 2. The Morgan fingerprint density at radius 1 is 1.25 bits per heavy atom. The molecule has 1 aromatic carbocycles. The van der Waals surface area contributed by atoms with Crippen molar-refractivity contribution in [3.8, 4) is 23.0 Å². The van der Waals surface area contributed by atoms with E-state index in [2.05, 4.69) is 16.8 Å². The molecular weight excluding hydrogens is 276 g/mol. The van der Waals surface area contributed by atoms with Gasteiger partial charge in [0, 0.05) is 11.3 Å². The number of hydrogen-bond donors (Lipinski definition) is 0. The van der Waals surface area contributed by atoms with Crippen LogP contribution in [-0.4, -0.2) is 30.2 Å². The van der Waals surface area contributed by atoms with E-state index >= 15 is 0 Å². The number of hydrogen-bond acceptors (Lipinski definition) is 6. The van der Waals surface area contributed by atoms with Crippen LogP contribution in [0.2, 0.25) is 0 Å². The van der Waals surface area contributed by atoms with Gasteiger partial charge in [0.15, 0.2) is 11.5 Å². The van der Waals surface area contributed by atoms with Gasteiger partial charge in [-0.15, -0.1) is 16.8 Å². The SMILES string of the molecule is C=CCCSc1nnc(-c2ccc(OC)c(OC)c2)o1. The third kappa shape index (κ3) is 3.33. The first kappa shape index (κ1) is 14.5. The van der Waals surface area contributed by atoms with Crippen LogP contribution in [0.15, 0.2) is 40.5 Å². The van der Waals surface area contributed by atoms with Crippen molar-refractivity contribution in [2.24, 2.45) is 0 Å². The predicted molar refractivity (Wildman–Crippen MR) is 78.4 cm³/mol. The van der Waals surface area contributed by atoms with E-state index < -0.39 is 0 Å². The Balaban J connectivity index is 2.17. The highest BCUT2D eigenvalue weighted by molar-refractivity contribution is 7.99. The van der Waals surface area contributed by atoms with E-state index in [1.165, 1.54) is 11.8 Å². The first-order valence-electron chi connectivity index (χ1n) is 6.08. The Hall–Kier alpha value is -1.95. The van der Waals surface area contributed by atoms with Crippen molar-refractivity contribution in [3.05, 3.63) is 30.9 Å². The second-order valence-corrected chi connectivity index (χ2v) is 4.91. The van der Waals surface area contributed by atoms with Crippen LogP contribution in [0.3, 0.4) is 0 Å². The first-order chi connectivity index (χ1) is 9.78.